The molecule has 0 aliphatic rings. The van der Waals surface area contributed by atoms with Gasteiger partial charge in [-0.15, -0.1) is 0 Å². The fourth-order valence-corrected chi connectivity index (χ4v) is 7.70. The first-order chi connectivity index (χ1) is 25.6. The van der Waals surface area contributed by atoms with E-state index >= 15 is 0 Å². The quantitative estimate of drug-likeness (QED) is 0.164. The van der Waals surface area contributed by atoms with E-state index in [2.05, 4.69) is 217 Å². The predicted molar refractivity (Wildman–Crippen MR) is 221 cm³/mol. The number of nitrogens with zero attached hydrogens (tertiary/aromatic N) is 2. The maximum atomic E-state index is 2.49. The summed E-state index contributed by atoms with van der Waals surface area (Å²) < 4.78 is 2.49. The molecule has 9 rings (SSSR count). The molecule has 0 fully saturated rings. The van der Waals surface area contributed by atoms with Crippen LogP contribution in [0.4, 0.5) is 17.1 Å². The van der Waals surface area contributed by atoms with Crippen molar-refractivity contribution in [3.63, 3.8) is 0 Å². The number of hydrogen-bond acceptors (Lipinski definition) is 1. The molecular weight excluding hydrogens is 629 g/mol. The Labute approximate surface area is 305 Å². The summed E-state index contributed by atoms with van der Waals surface area (Å²) in [6.07, 6.45) is 0. The Bertz CT molecular complexity index is 2590. The minimum atomic E-state index is 1.10. The Balaban J connectivity index is 1.26. The molecule has 0 atom stereocenters. The van der Waals surface area contributed by atoms with E-state index in [0.717, 1.165) is 17.1 Å². The summed E-state index contributed by atoms with van der Waals surface area (Å²) in [6.45, 7) is 4.44. The van der Waals surface area contributed by atoms with Gasteiger partial charge in [-0.05, 0) is 95.3 Å². The third kappa shape index (κ3) is 5.55. The highest BCUT2D eigenvalue weighted by Gasteiger charge is 2.21. The van der Waals surface area contributed by atoms with Crippen LogP contribution in [-0.2, 0) is 0 Å². The first-order valence-electron chi connectivity index (χ1n) is 17.9. The molecule has 0 aliphatic heterocycles. The summed E-state index contributed by atoms with van der Waals surface area (Å²) in [5, 5.41) is 2.48. The second-order valence-corrected chi connectivity index (χ2v) is 13.5. The summed E-state index contributed by atoms with van der Waals surface area (Å²) in [5.41, 5.74) is 16.7. The van der Waals surface area contributed by atoms with Crippen molar-refractivity contribution in [1.82, 2.24) is 4.57 Å². The molecule has 0 radical (unpaired) electrons. The highest BCUT2D eigenvalue weighted by Crippen LogP contribution is 2.42. The molecule has 0 bridgehead atoms. The van der Waals surface area contributed by atoms with E-state index < -0.39 is 0 Å². The number of benzene rings is 8. The van der Waals surface area contributed by atoms with Gasteiger partial charge in [-0.1, -0.05) is 152 Å². The smallest absolute Gasteiger partial charge is 0.0569 e. The van der Waals surface area contributed by atoms with Crippen molar-refractivity contribution in [2.24, 2.45) is 0 Å². The van der Waals surface area contributed by atoms with Crippen LogP contribution in [0.1, 0.15) is 11.1 Å². The number of para-hydroxylation sites is 2. The van der Waals surface area contributed by atoms with Crippen LogP contribution in [0.5, 0.6) is 0 Å². The van der Waals surface area contributed by atoms with Crippen LogP contribution in [0.3, 0.4) is 0 Å². The molecule has 2 nitrogen and oxygen atoms in total. The number of aromatic nitrogens is 1. The lowest BCUT2D eigenvalue weighted by Crippen LogP contribution is -2.10. The van der Waals surface area contributed by atoms with Gasteiger partial charge >= 0.3 is 0 Å². The molecular formula is C50H38N2. The van der Waals surface area contributed by atoms with Crippen LogP contribution in [0.25, 0.3) is 60.9 Å². The lowest BCUT2D eigenvalue weighted by atomic mass is 9.96. The maximum Gasteiger partial charge on any atom is 0.0569 e. The molecule has 1 aromatic heterocycles. The molecule has 2 heteroatoms. The zero-order chi connectivity index (χ0) is 35.0. The van der Waals surface area contributed by atoms with E-state index in [1.165, 1.54) is 72.0 Å². The first-order valence-corrected chi connectivity index (χ1v) is 17.9. The van der Waals surface area contributed by atoms with E-state index in [4.69, 9.17) is 0 Å². The van der Waals surface area contributed by atoms with Crippen molar-refractivity contribution in [3.05, 3.63) is 205 Å². The molecule has 0 saturated heterocycles. The Morgan fingerprint density at radius 1 is 0.346 bits per heavy atom. The molecule has 8 aromatic carbocycles. The summed E-state index contributed by atoms with van der Waals surface area (Å²) in [5.74, 6) is 0. The summed E-state index contributed by atoms with van der Waals surface area (Å²) in [4.78, 5) is 2.38. The number of hydrogen-bond donors (Lipinski definition) is 0. The predicted octanol–water partition coefficient (Wildman–Crippen LogP) is 13.9. The molecule has 0 N–H and O–H groups in total. The van der Waals surface area contributed by atoms with Gasteiger partial charge in [-0.3, -0.25) is 0 Å². The molecule has 0 unspecified atom stereocenters. The van der Waals surface area contributed by atoms with Crippen LogP contribution in [0, 0.1) is 13.8 Å². The van der Waals surface area contributed by atoms with Crippen molar-refractivity contribution in [3.8, 4) is 39.1 Å². The summed E-state index contributed by atoms with van der Waals surface area (Å²) >= 11 is 0. The van der Waals surface area contributed by atoms with Gasteiger partial charge in [0.15, 0.2) is 0 Å². The average molecular weight is 667 g/mol. The molecule has 0 spiro atoms. The number of fused-ring (bicyclic) bond motifs is 3. The van der Waals surface area contributed by atoms with E-state index in [-0.39, 0.29) is 0 Å². The van der Waals surface area contributed by atoms with Crippen LogP contribution < -0.4 is 4.90 Å². The van der Waals surface area contributed by atoms with E-state index in [1.54, 1.807) is 0 Å². The minimum absolute atomic E-state index is 1.10. The van der Waals surface area contributed by atoms with Gasteiger partial charge in [0, 0.05) is 33.4 Å². The molecule has 248 valence electrons. The second-order valence-electron chi connectivity index (χ2n) is 13.5. The van der Waals surface area contributed by atoms with Gasteiger partial charge in [0.2, 0.25) is 0 Å². The Kier molecular flexibility index (Phi) is 7.98. The molecule has 0 amide bonds. The Morgan fingerprint density at radius 3 is 1.46 bits per heavy atom. The minimum Gasteiger partial charge on any atom is -0.310 e. The van der Waals surface area contributed by atoms with Crippen molar-refractivity contribution < 1.29 is 0 Å². The summed E-state index contributed by atoms with van der Waals surface area (Å²) in [6, 6.07) is 70.2. The second kappa shape index (κ2) is 13.2. The maximum absolute atomic E-state index is 2.49. The highest BCUT2D eigenvalue weighted by atomic mass is 15.1. The molecule has 1 heterocycles. The average Bonchev–Trinajstić information content (AvgIpc) is 3.52. The van der Waals surface area contributed by atoms with Crippen LogP contribution in [0.2, 0.25) is 0 Å². The van der Waals surface area contributed by atoms with Gasteiger partial charge in [0.25, 0.3) is 0 Å². The van der Waals surface area contributed by atoms with Gasteiger partial charge in [0.05, 0.1) is 16.7 Å². The monoisotopic (exact) mass is 666 g/mol. The molecule has 0 aliphatic carbocycles. The summed E-state index contributed by atoms with van der Waals surface area (Å²) in [7, 11) is 0. The van der Waals surface area contributed by atoms with Crippen LogP contribution >= 0.6 is 0 Å². The normalized spacial score (nSPS) is 11.3. The van der Waals surface area contributed by atoms with Crippen LogP contribution in [0.15, 0.2) is 194 Å². The standard InChI is InChI=1S/C50H38N2/c1-35-14-9-10-20-44(35)47-22-13-15-36(2)50(47)52-48-23-12-11-21-45(48)46-33-32-43(34-49(46)52)51(41-28-24-39(25-29-41)37-16-5-3-6-17-37)42-30-26-40(27-31-42)38-18-7-4-8-19-38/h3-34H,1-2H3. The zero-order valence-corrected chi connectivity index (χ0v) is 29.4. The van der Waals surface area contributed by atoms with Crippen molar-refractivity contribution in [2.75, 3.05) is 4.90 Å². The van der Waals surface area contributed by atoms with Crippen molar-refractivity contribution in [2.45, 2.75) is 13.8 Å². The van der Waals surface area contributed by atoms with Gasteiger partial charge in [-0.25, -0.2) is 0 Å². The van der Waals surface area contributed by atoms with E-state index in [1.807, 2.05) is 0 Å². The van der Waals surface area contributed by atoms with Gasteiger partial charge in [-0.2, -0.15) is 0 Å². The molecule has 0 saturated carbocycles. The Hall–Kier alpha value is -6.64. The van der Waals surface area contributed by atoms with Gasteiger partial charge < -0.3 is 9.47 Å². The van der Waals surface area contributed by atoms with Gasteiger partial charge in [0.1, 0.15) is 0 Å². The third-order valence-corrected chi connectivity index (χ3v) is 10.3. The fourth-order valence-electron chi connectivity index (χ4n) is 7.70. The largest absolute Gasteiger partial charge is 0.310 e. The SMILES string of the molecule is Cc1ccccc1-c1cccc(C)c1-n1c2ccccc2c2ccc(N(c3ccc(-c4ccccc4)cc3)c3ccc(-c4ccccc4)cc3)cc21. The highest BCUT2D eigenvalue weighted by molar-refractivity contribution is 6.11. The van der Waals surface area contributed by atoms with Crippen LogP contribution in [-0.4, -0.2) is 4.57 Å². The third-order valence-electron chi connectivity index (χ3n) is 10.3. The fraction of sp³-hybridized carbons (Fsp3) is 0.0400. The lowest BCUT2D eigenvalue weighted by Gasteiger charge is -2.26. The first kappa shape index (κ1) is 31.3. The number of rotatable bonds is 7. The molecule has 52 heavy (non-hydrogen) atoms. The van der Waals surface area contributed by atoms with Crippen molar-refractivity contribution >= 4 is 38.9 Å². The topological polar surface area (TPSA) is 8.17 Å². The number of aryl methyl sites for hydroxylation is 2. The number of anilines is 3. The lowest BCUT2D eigenvalue weighted by molar-refractivity contribution is 1.15. The molecule has 9 aromatic rings. The van der Waals surface area contributed by atoms with E-state index in [9.17, 15) is 0 Å². The van der Waals surface area contributed by atoms with E-state index in [0.29, 0.717) is 0 Å². The Morgan fingerprint density at radius 2 is 0.827 bits per heavy atom. The zero-order valence-electron chi connectivity index (χ0n) is 29.4. The van der Waals surface area contributed by atoms with Crippen molar-refractivity contribution in [1.29, 1.82) is 0 Å².